The van der Waals surface area contributed by atoms with Crippen molar-refractivity contribution in [2.75, 3.05) is 26.2 Å². The van der Waals surface area contributed by atoms with E-state index in [0.29, 0.717) is 12.3 Å². The molecule has 2 N–H and O–H groups in total. The minimum atomic E-state index is -0.690. The van der Waals surface area contributed by atoms with Crippen LogP contribution >= 0.6 is 0 Å². The topological polar surface area (TPSA) is 104 Å². The van der Waals surface area contributed by atoms with Gasteiger partial charge in [0, 0.05) is 12.8 Å². The molecule has 2 aromatic rings. The zero-order chi connectivity index (χ0) is 17.6. The molecule has 0 spiro atoms. The summed E-state index contributed by atoms with van der Waals surface area (Å²) in [5.74, 6) is 0.0873. The number of rotatable bonds is 6. The van der Waals surface area contributed by atoms with Crippen molar-refractivity contribution < 1.29 is 9.52 Å². The molecule has 2 aromatic heterocycles. The summed E-state index contributed by atoms with van der Waals surface area (Å²) in [5, 5.41) is 10.3. The molecule has 134 valence electrons. The number of furan rings is 1. The van der Waals surface area contributed by atoms with E-state index in [4.69, 9.17) is 4.42 Å². The van der Waals surface area contributed by atoms with Crippen molar-refractivity contribution in [3.8, 4) is 5.88 Å². The highest BCUT2D eigenvalue weighted by atomic mass is 16.3. The Labute approximate surface area is 144 Å². The molecule has 1 aliphatic heterocycles. The molecule has 0 aromatic carbocycles. The van der Waals surface area contributed by atoms with Crippen LogP contribution in [0, 0.1) is 0 Å². The van der Waals surface area contributed by atoms with Gasteiger partial charge in [-0.2, -0.15) is 0 Å². The molecular weight excluding hydrogens is 324 g/mol. The van der Waals surface area contributed by atoms with Gasteiger partial charge in [0.2, 0.25) is 5.88 Å². The van der Waals surface area contributed by atoms with Crippen molar-refractivity contribution in [3.05, 3.63) is 50.6 Å². The van der Waals surface area contributed by atoms with E-state index in [1.165, 1.54) is 31.7 Å². The van der Waals surface area contributed by atoms with Crippen LogP contribution in [0.4, 0.5) is 0 Å². The Bertz CT molecular complexity index is 829. The monoisotopic (exact) mass is 346 g/mol. The van der Waals surface area contributed by atoms with Crippen LogP contribution in [0.1, 0.15) is 30.6 Å². The van der Waals surface area contributed by atoms with Crippen LogP contribution in [0.25, 0.3) is 0 Å². The van der Waals surface area contributed by atoms with Crippen molar-refractivity contribution in [2.24, 2.45) is 4.99 Å². The molecule has 0 saturated carbocycles. The van der Waals surface area contributed by atoms with Crippen LogP contribution in [0.15, 0.2) is 37.4 Å². The summed E-state index contributed by atoms with van der Waals surface area (Å²) in [6.45, 7) is 3.55. The molecule has 3 heterocycles. The maximum absolute atomic E-state index is 12.0. The third-order valence-corrected chi connectivity index (χ3v) is 4.32. The van der Waals surface area contributed by atoms with Gasteiger partial charge in [-0.25, -0.2) is 4.79 Å². The van der Waals surface area contributed by atoms with Crippen LogP contribution in [-0.4, -0.2) is 52.0 Å². The summed E-state index contributed by atoms with van der Waals surface area (Å²) in [7, 11) is 0. The normalized spacial score (nSPS) is 15.8. The quantitative estimate of drug-likeness (QED) is 0.753. The Morgan fingerprint density at radius 2 is 2.08 bits per heavy atom. The lowest BCUT2D eigenvalue weighted by Crippen LogP contribution is -2.33. The fourth-order valence-electron chi connectivity index (χ4n) is 2.93. The van der Waals surface area contributed by atoms with E-state index in [-0.39, 0.29) is 12.1 Å². The number of H-pyrrole nitrogens is 1. The Hall–Kier alpha value is -2.61. The van der Waals surface area contributed by atoms with Crippen LogP contribution in [0.2, 0.25) is 0 Å². The average molecular weight is 346 g/mol. The minimum Gasteiger partial charge on any atom is -0.494 e. The predicted molar refractivity (Wildman–Crippen MR) is 93.5 cm³/mol. The molecule has 8 nitrogen and oxygen atoms in total. The summed E-state index contributed by atoms with van der Waals surface area (Å²) >= 11 is 0. The Morgan fingerprint density at radius 3 is 2.80 bits per heavy atom. The van der Waals surface area contributed by atoms with Gasteiger partial charge >= 0.3 is 5.69 Å². The second-order valence-corrected chi connectivity index (χ2v) is 6.10. The van der Waals surface area contributed by atoms with Crippen LogP contribution in [-0.2, 0) is 6.54 Å². The SMILES string of the molecule is O=c1[nH]c(=O)n(Cc2ccco2)c(O)c1C=NCCN1CCCCC1. The largest absolute Gasteiger partial charge is 0.494 e. The highest BCUT2D eigenvalue weighted by Crippen LogP contribution is 2.11. The lowest BCUT2D eigenvalue weighted by atomic mass is 10.1. The predicted octanol–water partition coefficient (Wildman–Crippen LogP) is 0.788. The Kier molecular flexibility index (Phi) is 5.49. The van der Waals surface area contributed by atoms with E-state index in [2.05, 4.69) is 14.9 Å². The van der Waals surface area contributed by atoms with Crippen molar-refractivity contribution in [1.29, 1.82) is 0 Å². The maximum Gasteiger partial charge on any atom is 0.331 e. The van der Waals surface area contributed by atoms with E-state index in [9.17, 15) is 14.7 Å². The van der Waals surface area contributed by atoms with Crippen molar-refractivity contribution in [1.82, 2.24) is 14.5 Å². The number of hydrogen-bond acceptors (Lipinski definition) is 6. The molecule has 3 rings (SSSR count). The lowest BCUT2D eigenvalue weighted by molar-refractivity contribution is 0.235. The van der Waals surface area contributed by atoms with Crippen molar-refractivity contribution >= 4 is 6.21 Å². The number of likely N-dealkylation sites (tertiary alicyclic amines) is 1. The Balaban J connectivity index is 1.72. The second kappa shape index (κ2) is 7.98. The van der Waals surface area contributed by atoms with E-state index in [1.54, 1.807) is 12.1 Å². The third kappa shape index (κ3) is 4.27. The first-order valence-corrected chi connectivity index (χ1v) is 8.46. The summed E-state index contributed by atoms with van der Waals surface area (Å²) < 4.78 is 6.23. The van der Waals surface area contributed by atoms with E-state index in [1.807, 2.05) is 0 Å². The number of aliphatic imine (C=N–C) groups is 1. The molecule has 0 atom stereocenters. The molecule has 25 heavy (non-hydrogen) atoms. The zero-order valence-electron chi connectivity index (χ0n) is 14.0. The number of aromatic nitrogens is 2. The third-order valence-electron chi connectivity index (χ3n) is 4.32. The van der Waals surface area contributed by atoms with Gasteiger partial charge in [-0.3, -0.25) is 19.3 Å². The molecular formula is C17H22N4O4. The summed E-state index contributed by atoms with van der Waals surface area (Å²) in [5.41, 5.74) is -1.37. The van der Waals surface area contributed by atoms with Crippen molar-refractivity contribution in [2.45, 2.75) is 25.8 Å². The first-order chi connectivity index (χ1) is 12.1. The highest BCUT2D eigenvalue weighted by molar-refractivity contribution is 5.81. The average Bonchev–Trinajstić information content (AvgIpc) is 3.12. The fraction of sp³-hybridized carbons (Fsp3) is 0.471. The van der Waals surface area contributed by atoms with Crippen LogP contribution in [0.3, 0.4) is 0 Å². The van der Waals surface area contributed by atoms with Gasteiger partial charge in [0.05, 0.1) is 19.4 Å². The van der Waals surface area contributed by atoms with E-state index >= 15 is 0 Å². The highest BCUT2D eigenvalue weighted by Gasteiger charge is 2.14. The summed E-state index contributed by atoms with van der Waals surface area (Å²) in [6.07, 6.45) is 6.51. The summed E-state index contributed by atoms with van der Waals surface area (Å²) in [6, 6.07) is 3.37. The van der Waals surface area contributed by atoms with Gasteiger partial charge < -0.3 is 14.4 Å². The van der Waals surface area contributed by atoms with Gasteiger partial charge in [-0.1, -0.05) is 6.42 Å². The number of nitrogens with zero attached hydrogens (tertiary/aromatic N) is 3. The number of hydrogen-bond donors (Lipinski definition) is 2. The summed E-state index contributed by atoms with van der Waals surface area (Å²) in [4.78, 5) is 32.7. The fourth-order valence-corrected chi connectivity index (χ4v) is 2.93. The van der Waals surface area contributed by atoms with Gasteiger partial charge in [-0.15, -0.1) is 0 Å². The van der Waals surface area contributed by atoms with Gasteiger partial charge in [-0.05, 0) is 38.1 Å². The van der Waals surface area contributed by atoms with Crippen LogP contribution < -0.4 is 11.2 Å². The van der Waals surface area contributed by atoms with E-state index < -0.39 is 17.1 Å². The zero-order valence-corrected chi connectivity index (χ0v) is 14.0. The molecule has 1 aliphatic rings. The maximum atomic E-state index is 12.0. The van der Waals surface area contributed by atoms with Gasteiger partial charge in [0.25, 0.3) is 5.56 Å². The van der Waals surface area contributed by atoms with Crippen molar-refractivity contribution in [3.63, 3.8) is 0 Å². The number of nitrogens with one attached hydrogen (secondary N) is 1. The smallest absolute Gasteiger partial charge is 0.331 e. The molecule has 1 fully saturated rings. The van der Waals surface area contributed by atoms with E-state index in [0.717, 1.165) is 24.2 Å². The molecule has 1 saturated heterocycles. The number of piperidine rings is 1. The number of aromatic amines is 1. The molecule has 8 heteroatoms. The molecule has 0 aliphatic carbocycles. The second-order valence-electron chi connectivity index (χ2n) is 6.10. The molecule has 0 bridgehead atoms. The first-order valence-electron chi connectivity index (χ1n) is 8.46. The van der Waals surface area contributed by atoms with Gasteiger partial charge in [0.15, 0.2) is 0 Å². The minimum absolute atomic E-state index is 0.0233. The van der Waals surface area contributed by atoms with Gasteiger partial charge in [0.1, 0.15) is 11.3 Å². The first kappa shape index (κ1) is 17.2. The molecule has 0 radical (unpaired) electrons. The standard InChI is InChI=1S/C17H22N4O4/c22-15-14(11-18-6-9-20-7-2-1-3-8-20)16(23)21(17(24)19-15)12-13-5-4-10-25-13/h4-5,10-11,23H,1-3,6-9,12H2,(H,19,22,24). The molecule has 0 amide bonds. The van der Waals surface area contributed by atoms with Crippen LogP contribution in [0.5, 0.6) is 5.88 Å². The Morgan fingerprint density at radius 1 is 1.28 bits per heavy atom. The molecule has 0 unspecified atom stereocenters. The number of aromatic hydroxyl groups is 1. The lowest BCUT2D eigenvalue weighted by Gasteiger charge is -2.25.